The normalized spacial score (nSPS) is 30.5. The van der Waals surface area contributed by atoms with Gasteiger partial charge in [0.15, 0.2) is 5.54 Å². The van der Waals surface area contributed by atoms with E-state index in [2.05, 4.69) is 5.29 Å². The van der Waals surface area contributed by atoms with Crippen LogP contribution in [0.3, 0.4) is 0 Å². The summed E-state index contributed by atoms with van der Waals surface area (Å²) in [4.78, 5) is 20.8. The maximum Gasteiger partial charge on any atom is 0.331 e. The first kappa shape index (κ1) is 7.97. The Kier molecular flexibility index (Phi) is 1.80. The minimum Gasteiger partial charge on any atom is -0.479 e. The third-order valence-corrected chi connectivity index (χ3v) is 2.16. The van der Waals surface area contributed by atoms with Gasteiger partial charge >= 0.3 is 5.97 Å². The molecule has 5 heteroatoms. The molecule has 0 radical (unpaired) electrons. The molecule has 1 N–H and O–H groups in total. The van der Waals surface area contributed by atoms with Gasteiger partial charge in [0.2, 0.25) is 0 Å². The SMILES string of the molecule is C[C@]1(C(=O)O)CCCN1N=O. The Morgan fingerprint density at radius 1 is 1.73 bits per heavy atom. The van der Waals surface area contributed by atoms with Gasteiger partial charge in [-0.15, -0.1) is 4.91 Å². The van der Waals surface area contributed by atoms with E-state index in [1.165, 1.54) is 6.92 Å². The Hall–Kier alpha value is -1.13. The van der Waals surface area contributed by atoms with Crippen LogP contribution in [0, 0.1) is 4.91 Å². The summed E-state index contributed by atoms with van der Waals surface area (Å²) in [5.41, 5.74) is -1.07. The Labute approximate surface area is 63.9 Å². The van der Waals surface area contributed by atoms with E-state index in [9.17, 15) is 9.70 Å². The van der Waals surface area contributed by atoms with Crippen molar-refractivity contribution in [3.8, 4) is 0 Å². The molecule has 1 saturated heterocycles. The topological polar surface area (TPSA) is 70.0 Å². The van der Waals surface area contributed by atoms with E-state index >= 15 is 0 Å². The molecule has 1 heterocycles. The molecule has 0 aliphatic carbocycles. The average molecular weight is 158 g/mol. The van der Waals surface area contributed by atoms with Gasteiger partial charge in [-0.05, 0) is 19.8 Å². The second-order valence-electron chi connectivity index (χ2n) is 2.89. The van der Waals surface area contributed by atoms with Crippen molar-refractivity contribution in [2.24, 2.45) is 5.29 Å². The fourth-order valence-electron chi connectivity index (χ4n) is 1.30. The molecule has 0 amide bonds. The molecule has 0 aromatic carbocycles. The van der Waals surface area contributed by atoms with Crippen molar-refractivity contribution < 1.29 is 9.90 Å². The number of rotatable bonds is 2. The Balaban J connectivity index is 2.83. The molecule has 1 fully saturated rings. The highest BCUT2D eigenvalue weighted by molar-refractivity contribution is 5.78. The molecule has 1 aliphatic rings. The molecule has 0 bridgehead atoms. The number of carboxylic acid groups (broad SMARTS) is 1. The van der Waals surface area contributed by atoms with E-state index in [4.69, 9.17) is 5.11 Å². The number of aliphatic carboxylic acids is 1. The number of nitroso groups, excluding NO2 is 1. The summed E-state index contributed by atoms with van der Waals surface area (Å²) in [5.74, 6) is -0.977. The highest BCUT2D eigenvalue weighted by Gasteiger charge is 2.44. The first-order chi connectivity index (χ1) is 5.11. The molecule has 62 valence electrons. The summed E-state index contributed by atoms with van der Waals surface area (Å²) >= 11 is 0. The quantitative estimate of drug-likeness (QED) is 0.597. The van der Waals surface area contributed by atoms with Crippen LogP contribution in [0.25, 0.3) is 0 Å². The van der Waals surface area contributed by atoms with Crippen LogP contribution in [-0.4, -0.2) is 28.2 Å². The maximum absolute atomic E-state index is 10.7. The summed E-state index contributed by atoms with van der Waals surface area (Å²) in [7, 11) is 0. The molecule has 0 unspecified atom stereocenters. The molecular weight excluding hydrogens is 148 g/mol. The summed E-state index contributed by atoms with van der Waals surface area (Å²) < 4.78 is 0. The van der Waals surface area contributed by atoms with E-state index in [-0.39, 0.29) is 0 Å². The number of hydrogen-bond acceptors (Lipinski definition) is 3. The van der Waals surface area contributed by atoms with E-state index in [0.29, 0.717) is 19.4 Å². The lowest BCUT2D eigenvalue weighted by Crippen LogP contribution is -2.44. The van der Waals surface area contributed by atoms with E-state index in [0.717, 1.165) is 5.01 Å². The van der Waals surface area contributed by atoms with Crippen LogP contribution in [0.5, 0.6) is 0 Å². The molecule has 1 rings (SSSR count). The van der Waals surface area contributed by atoms with Gasteiger partial charge in [0.05, 0.1) is 5.29 Å². The zero-order valence-corrected chi connectivity index (χ0v) is 6.28. The monoisotopic (exact) mass is 158 g/mol. The standard InChI is InChI=1S/C6H10N2O3/c1-6(5(9)10)3-2-4-8(6)7-11/h2-4H2,1H3,(H,9,10)/t6-/m1/s1. The van der Waals surface area contributed by atoms with Crippen molar-refractivity contribution in [1.29, 1.82) is 0 Å². The van der Waals surface area contributed by atoms with Crippen LogP contribution in [0.15, 0.2) is 5.29 Å². The predicted molar refractivity (Wildman–Crippen MR) is 37.8 cm³/mol. The number of carbonyl (C=O) groups is 1. The van der Waals surface area contributed by atoms with E-state index in [1.54, 1.807) is 0 Å². The van der Waals surface area contributed by atoms with Crippen molar-refractivity contribution in [2.45, 2.75) is 25.3 Å². The first-order valence-corrected chi connectivity index (χ1v) is 3.45. The first-order valence-electron chi connectivity index (χ1n) is 3.45. The van der Waals surface area contributed by atoms with Crippen molar-refractivity contribution in [2.75, 3.05) is 6.54 Å². The molecule has 1 aliphatic heterocycles. The third-order valence-electron chi connectivity index (χ3n) is 2.16. The Bertz CT molecular complexity index is 194. The number of carboxylic acids is 1. The van der Waals surface area contributed by atoms with Crippen molar-refractivity contribution in [3.05, 3.63) is 4.91 Å². The highest BCUT2D eigenvalue weighted by Crippen LogP contribution is 2.28. The van der Waals surface area contributed by atoms with Crippen molar-refractivity contribution in [3.63, 3.8) is 0 Å². The van der Waals surface area contributed by atoms with E-state index in [1.807, 2.05) is 0 Å². The van der Waals surface area contributed by atoms with Gasteiger partial charge in [-0.3, -0.25) is 0 Å². The molecule has 1 atom stereocenters. The van der Waals surface area contributed by atoms with Crippen LogP contribution in [-0.2, 0) is 4.79 Å². The van der Waals surface area contributed by atoms with Crippen LogP contribution < -0.4 is 0 Å². The van der Waals surface area contributed by atoms with Crippen LogP contribution in [0.2, 0.25) is 0 Å². The summed E-state index contributed by atoms with van der Waals surface area (Å²) in [6.07, 6.45) is 1.21. The van der Waals surface area contributed by atoms with Crippen molar-refractivity contribution in [1.82, 2.24) is 5.01 Å². The second kappa shape index (κ2) is 2.48. The lowest BCUT2D eigenvalue weighted by atomic mass is 10.0. The smallest absolute Gasteiger partial charge is 0.331 e. The minimum atomic E-state index is -1.07. The summed E-state index contributed by atoms with van der Waals surface area (Å²) in [5, 5.41) is 12.5. The van der Waals surface area contributed by atoms with E-state index < -0.39 is 11.5 Å². The van der Waals surface area contributed by atoms with Crippen LogP contribution in [0.1, 0.15) is 19.8 Å². The van der Waals surface area contributed by atoms with Crippen LogP contribution >= 0.6 is 0 Å². The number of hydrogen-bond donors (Lipinski definition) is 1. The minimum absolute atomic E-state index is 0.451. The van der Waals surface area contributed by atoms with Gasteiger partial charge in [-0.1, -0.05) is 0 Å². The van der Waals surface area contributed by atoms with Gasteiger partial charge in [-0.2, -0.15) is 0 Å². The summed E-state index contributed by atoms with van der Waals surface area (Å²) in [6, 6.07) is 0. The zero-order chi connectivity index (χ0) is 8.48. The fourth-order valence-corrected chi connectivity index (χ4v) is 1.30. The van der Waals surface area contributed by atoms with Gasteiger partial charge in [0.1, 0.15) is 0 Å². The maximum atomic E-state index is 10.7. The lowest BCUT2D eigenvalue weighted by Gasteiger charge is -2.24. The van der Waals surface area contributed by atoms with Gasteiger partial charge in [0, 0.05) is 6.54 Å². The Morgan fingerprint density at radius 3 is 2.73 bits per heavy atom. The fraction of sp³-hybridized carbons (Fsp3) is 0.833. The highest BCUT2D eigenvalue weighted by atomic mass is 16.4. The van der Waals surface area contributed by atoms with Gasteiger partial charge in [-0.25, -0.2) is 9.80 Å². The number of nitrogens with zero attached hydrogens (tertiary/aromatic N) is 2. The molecule has 0 spiro atoms. The van der Waals surface area contributed by atoms with Crippen LogP contribution in [0.4, 0.5) is 0 Å². The molecular formula is C6H10N2O3. The van der Waals surface area contributed by atoms with Gasteiger partial charge in [0.25, 0.3) is 0 Å². The van der Waals surface area contributed by atoms with Gasteiger partial charge < -0.3 is 5.11 Å². The molecule has 5 nitrogen and oxygen atoms in total. The second-order valence-corrected chi connectivity index (χ2v) is 2.89. The molecule has 11 heavy (non-hydrogen) atoms. The predicted octanol–water partition coefficient (Wildman–Crippen LogP) is 0.607. The largest absolute Gasteiger partial charge is 0.479 e. The molecule has 0 aromatic rings. The molecule has 0 saturated carbocycles. The van der Waals surface area contributed by atoms with Crippen molar-refractivity contribution >= 4 is 5.97 Å². The molecule has 0 aromatic heterocycles. The third kappa shape index (κ3) is 1.06. The summed E-state index contributed by atoms with van der Waals surface area (Å²) in [6.45, 7) is 1.97. The Morgan fingerprint density at radius 2 is 2.36 bits per heavy atom. The lowest BCUT2D eigenvalue weighted by molar-refractivity contribution is -0.148. The zero-order valence-electron chi connectivity index (χ0n) is 6.28. The average Bonchev–Trinajstić information content (AvgIpc) is 2.32.